The Morgan fingerprint density at radius 1 is 1.47 bits per heavy atom. The molecule has 78 valence electrons. The zero-order chi connectivity index (χ0) is 11.0. The first kappa shape index (κ1) is 9.67. The van der Waals surface area contributed by atoms with Gasteiger partial charge in [0.25, 0.3) is 5.91 Å². The molecule has 1 atom stereocenters. The van der Waals surface area contributed by atoms with Gasteiger partial charge in [-0.3, -0.25) is 14.6 Å². The molecule has 1 aromatic carbocycles. The van der Waals surface area contributed by atoms with Gasteiger partial charge in [-0.1, -0.05) is 18.2 Å². The molecule has 0 aromatic heterocycles. The molecule has 1 heterocycles. The van der Waals surface area contributed by atoms with Gasteiger partial charge in [0.2, 0.25) is 0 Å². The van der Waals surface area contributed by atoms with Crippen molar-refractivity contribution in [2.45, 2.75) is 6.04 Å². The van der Waals surface area contributed by atoms with E-state index in [9.17, 15) is 9.59 Å². The van der Waals surface area contributed by atoms with Gasteiger partial charge in [-0.2, -0.15) is 0 Å². The maximum atomic E-state index is 11.7. The number of nitrogens with one attached hydrogen (secondary N) is 1. The average Bonchev–Trinajstić information content (AvgIpc) is 2.23. The smallest absolute Gasteiger partial charge is 0.327 e. The zero-order valence-electron chi connectivity index (χ0n) is 8.10. The van der Waals surface area contributed by atoms with E-state index >= 15 is 0 Å². The number of carboxylic acids is 1. The van der Waals surface area contributed by atoms with Gasteiger partial charge >= 0.3 is 5.97 Å². The first-order valence-corrected chi connectivity index (χ1v) is 4.47. The summed E-state index contributed by atoms with van der Waals surface area (Å²) >= 11 is 0. The van der Waals surface area contributed by atoms with Gasteiger partial charge in [-0.25, -0.2) is 5.43 Å². The van der Waals surface area contributed by atoms with Crippen molar-refractivity contribution < 1.29 is 14.7 Å². The number of nitrogens with zero attached hydrogens (tertiary/aromatic N) is 1. The minimum Gasteiger partial charge on any atom is -0.480 e. The molecule has 2 N–H and O–H groups in total. The quantitative estimate of drug-likeness (QED) is 0.698. The molecule has 1 amide bonds. The van der Waals surface area contributed by atoms with Crippen molar-refractivity contribution in [2.24, 2.45) is 0 Å². The second-order valence-corrected chi connectivity index (χ2v) is 3.35. The van der Waals surface area contributed by atoms with Crippen LogP contribution in [0.4, 0.5) is 0 Å². The van der Waals surface area contributed by atoms with Crippen LogP contribution in [0.2, 0.25) is 0 Å². The second-order valence-electron chi connectivity index (χ2n) is 3.35. The molecule has 0 spiro atoms. The van der Waals surface area contributed by atoms with Gasteiger partial charge in [0.15, 0.2) is 0 Å². The third kappa shape index (κ3) is 1.46. The molecule has 0 radical (unpaired) electrons. The van der Waals surface area contributed by atoms with Crippen molar-refractivity contribution in [3.05, 3.63) is 35.4 Å². The van der Waals surface area contributed by atoms with Crippen molar-refractivity contribution in [1.82, 2.24) is 10.4 Å². The van der Waals surface area contributed by atoms with Crippen molar-refractivity contribution >= 4 is 11.9 Å². The molecule has 0 saturated carbocycles. The number of amides is 1. The maximum Gasteiger partial charge on any atom is 0.327 e. The zero-order valence-corrected chi connectivity index (χ0v) is 8.10. The number of hydrazine groups is 1. The van der Waals surface area contributed by atoms with Gasteiger partial charge in [-0.15, -0.1) is 0 Å². The standard InChI is InChI=1S/C10H10N2O3/c1-12-9(13)7-5-3-2-4-6(7)8(11-12)10(14)15/h2-5,8,11H,1H3,(H,14,15)/t8-/m1/s1. The fourth-order valence-corrected chi connectivity index (χ4v) is 1.63. The van der Waals surface area contributed by atoms with E-state index in [1.54, 1.807) is 24.3 Å². The van der Waals surface area contributed by atoms with E-state index in [4.69, 9.17) is 5.11 Å². The predicted octanol–water partition coefficient (Wildman–Crippen LogP) is 0.402. The lowest BCUT2D eigenvalue weighted by Crippen LogP contribution is -2.49. The molecule has 0 fully saturated rings. The number of aliphatic carboxylic acids is 1. The number of hydrogen-bond acceptors (Lipinski definition) is 3. The molecule has 15 heavy (non-hydrogen) atoms. The number of carbonyl (C=O) groups excluding carboxylic acids is 1. The van der Waals surface area contributed by atoms with Crippen LogP contribution >= 0.6 is 0 Å². The summed E-state index contributed by atoms with van der Waals surface area (Å²) in [7, 11) is 1.51. The number of carbonyl (C=O) groups is 2. The minimum absolute atomic E-state index is 0.219. The average molecular weight is 206 g/mol. The van der Waals surface area contributed by atoms with Crippen LogP contribution < -0.4 is 5.43 Å². The highest BCUT2D eigenvalue weighted by Crippen LogP contribution is 2.23. The van der Waals surface area contributed by atoms with Gasteiger partial charge in [0, 0.05) is 12.6 Å². The minimum atomic E-state index is -0.998. The number of rotatable bonds is 1. The monoisotopic (exact) mass is 206 g/mol. The summed E-state index contributed by atoms with van der Waals surface area (Å²) in [6.45, 7) is 0. The normalized spacial score (nSPS) is 19.9. The Bertz CT molecular complexity index is 430. The van der Waals surface area contributed by atoms with Gasteiger partial charge in [0.05, 0.1) is 0 Å². The summed E-state index contributed by atoms with van der Waals surface area (Å²) in [6, 6.07) is 5.85. The number of hydrogen-bond donors (Lipinski definition) is 2. The van der Waals surface area contributed by atoms with E-state index in [1.165, 1.54) is 12.1 Å². The molecular weight excluding hydrogens is 196 g/mol. The third-order valence-corrected chi connectivity index (χ3v) is 2.38. The Labute approximate surface area is 86.3 Å². The Morgan fingerprint density at radius 3 is 2.80 bits per heavy atom. The van der Waals surface area contributed by atoms with E-state index in [-0.39, 0.29) is 5.91 Å². The predicted molar refractivity (Wildman–Crippen MR) is 52.0 cm³/mol. The highest BCUT2D eigenvalue weighted by molar-refractivity contribution is 5.98. The van der Waals surface area contributed by atoms with E-state index < -0.39 is 12.0 Å². The molecule has 1 aliphatic heterocycles. The van der Waals surface area contributed by atoms with Crippen LogP contribution in [-0.2, 0) is 4.79 Å². The Morgan fingerprint density at radius 2 is 2.13 bits per heavy atom. The van der Waals surface area contributed by atoms with Crippen LogP contribution in [0.25, 0.3) is 0 Å². The van der Waals surface area contributed by atoms with Gasteiger partial charge < -0.3 is 5.11 Å². The summed E-state index contributed by atoms with van der Waals surface area (Å²) in [5.41, 5.74) is 3.55. The fraction of sp³-hybridized carbons (Fsp3) is 0.200. The SMILES string of the molecule is CN1N[C@@H](C(=O)O)c2ccccc2C1=O. The largest absolute Gasteiger partial charge is 0.480 e. The summed E-state index contributed by atoms with van der Waals surface area (Å²) in [5, 5.41) is 10.2. The van der Waals surface area contributed by atoms with Crippen molar-refractivity contribution in [1.29, 1.82) is 0 Å². The molecule has 0 saturated heterocycles. The van der Waals surface area contributed by atoms with Crippen molar-refractivity contribution in [3.63, 3.8) is 0 Å². The van der Waals surface area contributed by atoms with Crippen LogP contribution in [0.1, 0.15) is 22.0 Å². The molecule has 2 rings (SSSR count). The van der Waals surface area contributed by atoms with Crippen LogP contribution in [0, 0.1) is 0 Å². The Balaban J connectivity index is 2.54. The van der Waals surface area contributed by atoms with Crippen LogP contribution in [0.3, 0.4) is 0 Å². The van der Waals surface area contributed by atoms with Crippen LogP contribution in [0.15, 0.2) is 24.3 Å². The van der Waals surface area contributed by atoms with Gasteiger partial charge in [-0.05, 0) is 11.6 Å². The number of carboxylic acid groups (broad SMARTS) is 1. The van der Waals surface area contributed by atoms with E-state index in [2.05, 4.69) is 5.43 Å². The lowest BCUT2D eigenvalue weighted by atomic mass is 9.98. The molecular formula is C10H10N2O3. The summed E-state index contributed by atoms with van der Waals surface area (Å²) < 4.78 is 0. The highest BCUT2D eigenvalue weighted by atomic mass is 16.4. The molecule has 0 bridgehead atoms. The maximum absolute atomic E-state index is 11.7. The van der Waals surface area contributed by atoms with Crippen LogP contribution in [0.5, 0.6) is 0 Å². The van der Waals surface area contributed by atoms with Crippen molar-refractivity contribution in [3.8, 4) is 0 Å². The first-order valence-electron chi connectivity index (χ1n) is 4.47. The third-order valence-electron chi connectivity index (χ3n) is 2.38. The van der Waals surface area contributed by atoms with E-state index in [0.717, 1.165) is 0 Å². The molecule has 1 aromatic rings. The number of fused-ring (bicyclic) bond motifs is 1. The summed E-state index contributed by atoms with van der Waals surface area (Å²) in [5.74, 6) is -1.22. The fourth-order valence-electron chi connectivity index (χ4n) is 1.63. The first-order chi connectivity index (χ1) is 7.11. The topological polar surface area (TPSA) is 69.6 Å². The Kier molecular flexibility index (Phi) is 2.17. The number of benzene rings is 1. The molecule has 0 aliphatic carbocycles. The molecule has 5 nitrogen and oxygen atoms in total. The summed E-state index contributed by atoms with van der Waals surface area (Å²) in [6.07, 6.45) is 0. The molecule has 5 heteroatoms. The van der Waals surface area contributed by atoms with E-state index in [0.29, 0.717) is 11.1 Å². The lowest BCUT2D eigenvalue weighted by molar-refractivity contribution is -0.141. The highest BCUT2D eigenvalue weighted by Gasteiger charge is 2.32. The Hall–Kier alpha value is -1.88. The molecule has 0 unspecified atom stereocenters. The summed E-state index contributed by atoms with van der Waals surface area (Å²) in [4.78, 5) is 22.6. The van der Waals surface area contributed by atoms with Crippen LogP contribution in [-0.4, -0.2) is 29.0 Å². The lowest BCUT2D eigenvalue weighted by Gasteiger charge is -2.30. The second kappa shape index (κ2) is 3.36. The molecule has 1 aliphatic rings. The van der Waals surface area contributed by atoms with Crippen molar-refractivity contribution in [2.75, 3.05) is 7.05 Å². The van der Waals surface area contributed by atoms with Gasteiger partial charge in [0.1, 0.15) is 6.04 Å². The van der Waals surface area contributed by atoms with E-state index in [1.807, 2.05) is 0 Å².